The molecule has 2 atom stereocenters. The van der Waals surface area contributed by atoms with Gasteiger partial charge in [-0.15, -0.1) is 0 Å². The minimum atomic E-state index is 0.315. The Kier molecular flexibility index (Phi) is 4.63. The van der Waals surface area contributed by atoms with Gasteiger partial charge in [0.05, 0.1) is 6.26 Å². The highest BCUT2D eigenvalue weighted by Gasteiger charge is 2.10. The molecule has 0 radical (unpaired) electrons. The monoisotopic (exact) mass is 259 g/mol. The zero-order valence-corrected chi connectivity index (χ0v) is 11.5. The van der Waals surface area contributed by atoms with E-state index in [0.29, 0.717) is 17.8 Å². The maximum Gasteiger partial charge on any atom is 0.115 e. The Morgan fingerprint density at radius 1 is 1.05 bits per heavy atom. The van der Waals surface area contributed by atoms with Crippen LogP contribution in [0.1, 0.15) is 25.2 Å². The zero-order valence-electron chi connectivity index (χ0n) is 11.5. The van der Waals surface area contributed by atoms with E-state index in [1.54, 1.807) is 18.4 Å². The van der Waals surface area contributed by atoms with Crippen molar-refractivity contribution >= 4 is 0 Å². The van der Waals surface area contributed by atoms with Crippen molar-refractivity contribution in [3.8, 4) is 5.75 Å². The summed E-state index contributed by atoms with van der Waals surface area (Å²) in [7, 11) is 0. The van der Waals surface area contributed by atoms with Gasteiger partial charge in [-0.05, 0) is 50.1 Å². The van der Waals surface area contributed by atoms with Gasteiger partial charge in [0.25, 0.3) is 0 Å². The minimum Gasteiger partial charge on any atom is -0.508 e. The molecule has 0 fully saturated rings. The second-order valence-corrected chi connectivity index (χ2v) is 5.12. The third-order valence-corrected chi connectivity index (χ3v) is 3.13. The van der Waals surface area contributed by atoms with Gasteiger partial charge < -0.3 is 14.8 Å². The predicted octanol–water partition coefficient (Wildman–Crippen LogP) is 3.14. The van der Waals surface area contributed by atoms with Crippen LogP contribution in [0.5, 0.6) is 5.75 Å². The van der Waals surface area contributed by atoms with E-state index >= 15 is 0 Å². The lowest BCUT2D eigenvalue weighted by Gasteiger charge is -2.19. The molecular formula is C16H21NO2. The number of rotatable bonds is 6. The van der Waals surface area contributed by atoms with Crippen molar-refractivity contribution in [2.75, 3.05) is 0 Å². The van der Waals surface area contributed by atoms with Gasteiger partial charge in [-0.25, -0.2) is 0 Å². The fourth-order valence-corrected chi connectivity index (χ4v) is 2.32. The van der Waals surface area contributed by atoms with Crippen LogP contribution >= 0.6 is 0 Å². The Morgan fingerprint density at radius 3 is 2.37 bits per heavy atom. The molecule has 0 spiro atoms. The molecule has 2 N–H and O–H groups in total. The minimum absolute atomic E-state index is 0.315. The van der Waals surface area contributed by atoms with E-state index < -0.39 is 0 Å². The third-order valence-electron chi connectivity index (χ3n) is 3.13. The van der Waals surface area contributed by atoms with Gasteiger partial charge in [0.15, 0.2) is 0 Å². The molecule has 0 aliphatic rings. The number of nitrogens with one attached hydrogen (secondary N) is 1. The molecule has 19 heavy (non-hydrogen) atoms. The Morgan fingerprint density at radius 2 is 1.74 bits per heavy atom. The third kappa shape index (κ3) is 4.45. The summed E-state index contributed by atoms with van der Waals surface area (Å²) in [5, 5.41) is 12.8. The van der Waals surface area contributed by atoms with Crippen LogP contribution in [-0.4, -0.2) is 17.2 Å². The van der Waals surface area contributed by atoms with E-state index in [-0.39, 0.29) is 0 Å². The lowest BCUT2D eigenvalue weighted by Crippen LogP contribution is -2.37. The number of phenols is 1. The molecule has 0 aliphatic carbocycles. The Bertz CT molecular complexity index is 476. The van der Waals surface area contributed by atoms with Crippen molar-refractivity contribution in [1.82, 2.24) is 5.32 Å². The van der Waals surface area contributed by atoms with Crippen molar-refractivity contribution in [2.45, 2.75) is 38.8 Å². The highest BCUT2D eigenvalue weighted by Crippen LogP contribution is 2.12. The summed E-state index contributed by atoms with van der Waals surface area (Å²) in [5.41, 5.74) is 1.22. The van der Waals surface area contributed by atoms with Gasteiger partial charge >= 0.3 is 0 Å². The van der Waals surface area contributed by atoms with E-state index in [0.717, 1.165) is 18.6 Å². The largest absolute Gasteiger partial charge is 0.508 e. The molecule has 102 valence electrons. The molecule has 0 aliphatic heterocycles. The number of benzene rings is 1. The highest BCUT2D eigenvalue weighted by molar-refractivity contribution is 5.26. The first kappa shape index (κ1) is 13.7. The van der Waals surface area contributed by atoms with E-state index in [9.17, 15) is 5.11 Å². The predicted molar refractivity (Wildman–Crippen MR) is 76.3 cm³/mol. The fourth-order valence-electron chi connectivity index (χ4n) is 2.32. The van der Waals surface area contributed by atoms with Gasteiger partial charge in [-0.2, -0.15) is 0 Å². The van der Waals surface area contributed by atoms with Gasteiger partial charge in [-0.1, -0.05) is 12.1 Å². The number of hydrogen-bond donors (Lipinski definition) is 2. The molecule has 0 saturated heterocycles. The second kappa shape index (κ2) is 6.43. The zero-order chi connectivity index (χ0) is 13.7. The number of furan rings is 1. The van der Waals surface area contributed by atoms with Gasteiger partial charge in [0.2, 0.25) is 0 Å². The molecule has 0 bridgehead atoms. The van der Waals surface area contributed by atoms with Crippen LogP contribution in [0.2, 0.25) is 0 Å². The van der Waals surface area contributed by atoms with Crippen LogP contribution in [0.25, 0.3) is 0 Å². The molecule has 3 nitrogen and oxygen atoms in total. The Labute approximate surface area is 114 Å². The summed E-state index contributed by atoms with van der Waals surface area (Å²) in [6.45, 7) is 4.33. The number of aromatic hydroxyl groups is 1. The van der Waals surface area contributed by atoms with Crippen LogP contribution in [0.15, 0.2) is 47.1 Å². The first-order chi connectivity index (χ1) is 9.13. The van der Waals surface area contributed by atoms with Crippen LogP contribution in [0, 0.1) is 0 Å². The molecule has 1 aromatic carbocycles. The normalized spacial score (nSPS) is 14.2. The van der Waals surface area contributed by atoms with Crippen molar-refractivity contribution < 1.29 is 9.52 Å². The molecule has 1 aromatic heterocycles. The first-order valence-corrected chi connectivity index (χ1v) is 6.70. The maximum absolute atomic E-state index is 9.25. The quantitative estimate of drug-likeness (QED) is 0.837. The van der Waals surface area contributed by atoms with Crippen molar-refractivity contribution in [3.63, 3.8) is 0 Å². The summed E-state index contributed by atoms with van der Waals surface area (Å²) >= 11 is 0. The smallest absolute Gasteiger partial charge is 0.115 e. The molecule has 3 heteroatoms. The van der Waals surface area contributed by atoms with Gasteiger partial charge in [0.1, 0.15) is 11.5 Å². The maximum atomic E-state index is 9.25. The van der Waals surface area contributed by atoms with Crippen LogP contribution in [-0.2, 0) is 12.8 Å². The van der Waals surface area contributed by atoms with E-state index in [1.165, 1.54) is 5.56 Å². The first-order valence-electron chi connectivity index (χ1n) is 6.70. The van der Waals surface area contributed by atoms with Crippen molar-refractivity contribution in [3.05, 3.63) is 54.0 Å². The average Bonchev–Trinajstić information content (AvgIpc) is 2.84. The number of phenolic OH excluding ortho intramolecular Hbond substituents is 1. The highest BCUT2D eigenvalue weighted by atomic mass is 16.3. The fraction of sp³-hybridized carbons (Fsp3) is 0.375. The standard InChI is InChI=1S/C16H21NO2/c1-12(10-14-5-7-15(18)8-6-14)17-13(2)11-16-4-3-9-19-16/h3-9,12-13,17-18H,10-11H2,1-2H3. The lowest BCUT2D eigenvalue weighted by molar-refractivity contribution is 0.422. The molecule has 2 aromatic rings. The number of hydrogen-bond acceptors (Lipinski definition) is 3. The van der Waals surface area contributed by atoms with E-state index in [2.05, 4.69) is 19.2 Å². The molecular weight excluding hydrogens is 238 g/mol. The van der Waals surface area contributed by atoms with Crippen LogP contribution in [0.4, 0.5) is 0 Å². The molecule has 2 unspecified atom stereocenters. The molecule has 0 amide bonds. The molecule has 1 heterocycles. The second-order valence-electron chi connectivity index (χ2n) is 5.12. The topological polar surface area (TPSA) is 45.4 Å². The van der Waals surface area contributed by atoms with E-state index in [4.69, 9.17) is 4.42 Å². The van der Waals surface area contributed by atoms with Crippen LogP contribution < -0.4 is 5.32 Å². The van der Waals surface area contributed by atoms with Crippen molar-refractivity contribution in [2.24, 2.45) is 0 Å². The summed E-state index contributed by atoms with van der Waals surface area (Å²) < 4.78 is 5.35. The van der Waals surface area contributed by atoms with E-state index in [1.807, 2.05) is 24.3 Å². The van der Waals surface area contributed by atoms with Crippen molar-refractivity contribution in [1.29, 1.82) is 0 Å². The summed E-state index contributed by atoms with van der Waals surface area (Å²) in [6, 6.07) is 12.1. The summed E-state index contributed by atoms with van der Waals surface area (Å²) in [4.78, 5) is 0. The molecule has 2 rings (SSSR count). The lowest BCUT2D eigenvalue weighted by atomic mass is 10.1. The van der Waals surface area contributed by atoms with Gasteiger partial charge in [0, 0.05) is 18.5 Å². The van der Waals surface area contributed by atoms with Crippen LogP contribution in [0.3, 0.4) is 0 Å². The summed E-state index contributed by atoms with van der Waals surface area (Å²) in [5.74, 6) is 1.33. The SMILES string of the molecule is CC(Cc1ccc(O)cc1)NC(C)Cc1ccco1. The average molecular weight is 259 g/mol. The summed E-state index contributed by atoms with van der Waals surface area (Å²) in [6.07, 6.45) is 3.55. The Balaban J connectivity index is 1.80. The molecule has 0 saturated carbocycles. The Hall–Kier alpha value is -1.74. The van der Waals surface area contributed by atoms with Gasteiger partial charge in [-0.3, -0.25) is 0 Å².